The quantitative estimate of drug-likeness (QED) is 0.431. The maximum Gasteiger partial charge on any atom is 0.340 e. The van der Waals surface area contributed by atoms with Crippen molar-refractivity contribution in [2.45, 2.75) is 51.5 Å². The molecule has 0 heterocycles. The van der Waals surface area contributed by atoms with Gasteiger partial charge in [-0.25, -0.2) is 22.0 Å². The molecule has 144 valence electrons. The number of alkyl halides is 14. The predicted octanol–water partition coefficient (Wildman–Crippen LogP) is 3.88. The third-order valence-corrected chi connectivity index (χ3v) is 5.66. The highest BCUT2D eigenvalue weighted by Crippen LogP contribution is 2.85. The van der Waals surface area contributed by atoms with Crippen LogP contribution in [0.4, 0.5) is 57.1 Å². The first-order valence-electron chi connectivity index (χ1n) is 5.85. The van der Waals surface area contributed by atoms with Crippen LogP contribution in [0.1, 0.15) is 0 Å². The molecule has 0 spiro atoms. The Hall–Kier alpha value is -0.950. The van der Waals surface area contributed by atoms with E-state index < -0.39 is 57.3 Å². The van der Waals surface area contributed by atoms with E-state index in [4.69, 9.17) is 0 Å². The minimum absolute atomic E-state index is 4.21. The molecule has 4 aliphatic rings. The number of rotatable bonds is 0. The molecule has 4 atom stereocenters. The van der Waals surface area contributed by atoms with Crippen LogP contribution in [-0.2, 0) is 4.79 Å². The molecule has 0 aromatic carbocycles. The molecule has 4 rings (SSSR count). The van der Waals surface area contributed by atoms with Gasteiger partial charge in [-0.05, 0) is 0 Å². The van der Waals surface area contributed by atoms with Crippen molar-refractivity contribution in [2.24, 2.45) is 0 Å². The maximum absolute atomic E-state index is 14.2. The van der Waals surface area contributed by atoms with Gasteiger partial charge in [0.15, 0.2) is 0 Å². The number of halogens is 14. The van der Waals surface area contributed by atoms with Crippen molar-refractivity contribution in [3.8, 4) is 0 Å². The summed E-state index contributed by atoms with van der Waals surface area (Å²) < 4.78 is 181. The van der Waals surface area contributed by atoms with Crippen molar-refractivity contribution in [3.63, 3.8) is 0 Å². The van der Waals surface area contributed by atoms with E-state index in [1.54, 1.807) is 0 Å². The van der Waals surface area contributed by atoms with Gasteiger partial charge < -0.3 is 0 Å². The number of Topliss-reactive ketones (excluding diaryl/α,β-unsaturated/α-hetero) is 1. The summed E-state index contributed by atoms with van der Waals surface area (Å²) in [4.78, 5) is 4.67. The summed E-state index contributed by atoms with van der Waals surface area (Å²) in [5.41, 5.74) is -20.9. The summed E-state index contributed by atoms with van der Waals surface area (Å²) in [7, 11) is 0. The Morgan fingerprint density at radius 1 is 0.520 bits per heavy atom. The van der Waals surface area contributed by atoms with E-state index in [1.807, 2.05) is 0 Å². The molecule has 4 aliphatic carbocycles. The molecule has 0 aromatic rings. The Morgan fingerprint density at radius 2 is 0.800 bits per heavy atom. The summed E-state index contributed by atoms with van der Waals surface area (Å²) in [5.74, 6) is -40.5. The molecule has 0 N–H and O–H groups in total. The molecule has 4 saturated carbocycles. The lowest BCUT2D eigenvalue weighted by molar-refractivity contribution is -0.509. The first kappa shape index (κ1) is 18.8. The number of ketones is 1. The molecule has 15 heteroatoms. The van der Waals surface area contributed by atoms with Gasteiger partial charge >= 0.3 is 46.6 Å². The SMILES string of the molecule is O=C1[C@@]2(F)C(F)(F)C3(F)C(F)(F)C(Cl)(C2(F)F)C(F)(F)[C@@]1(F)C3(F)F. The van der Waals surface area contributed by atoms with Crippen molar-refractivity contribution in [3.05, 3.63) is 0 Å². The third-order valence-electron chi connectivity index (χ3n) is 4.95. The van der Waals surface area contributed by atoms with Crippen molar-refractivity contribution < 1.29 is 61.9 Å². The van der Waals surface area contributed by atoms with Crippen molar-refractivity contribution in [1.29, 1.82) is 0 Å². The fourth-order valence-corrected chi connectivity index (χ4v) is 3.96. The van der Waals surface area contributed by atoms with Gasteiger partial charge in [0.05, 0.1) is 0 Å². The average Bonchev–Trinajstić information content (AvgIpc) is 2.45. The van der Waals surface area contributed by atoms with E-state index in [-0.39, 0.29) is 0 Å². The second-order valence-corrected chi connectivity index (χ2v) is 6.40. The topological polar surface area (TPSA) is 17.1 Å². The minimum atomic E-state index is -7.32. The van der Waals surface area contributed by atoms with Gasteiger partial charge in [0.1, 0.15) is 0 Å². The standard InChI is InChI=1S/C10ClF13O/c11-4-6(15,16)2(12)1(25)3(13,7(4,17)18)9(21,22)5(14,8(2,19)20)10(4,23)24/t2-,3+,4?,5?. The van der Waals surface area contributed by atoms with Crippen LogP contribution in [0.5, 0.6) is 0 Å². The van der Waals surface area contributed by atoms with Gasteiger partial charge in [0, 0.05) is 0 Å². The maximum atomic E-state index is 14.2. The molecular formula is C10ClF13O. The fraction of sp³-hybridized carbons (Fsp3) is 0.900. The number of hydrogen-bond donors (Lipinski definition) is 0. The summed E-state index contributed by atoms with van der Waals surface area (Å²) in [6.45, 7) is 0. The fourth-order valence-electron chi connectivity index (χ4n) is 3.57. The normalized spacial score (nSPS) is 53.1. The Balaban J connectivity index is 2.67. The zero-order chi connectivity index (χ0) is 20.1. The molecule has 4 bridgehead atoms. The molecule has 25 heavy (non-hydrogen) atoms. The predicted molar refractivity (Wildman–Crippen MR) is 49.8 cm³/mol. The van der Waals surface area contributed by atoms with Crippen LogP contribution in [0.3, 0.4) is 0 Å². The monoisotopic (exact) mass is 418 g/mol. The molecule has 0 amide bonds. The summed E-state index contributed by atoms with van der Waals surface area (Å²) in [6.07, 6.45) is 0. The Bertz CT molecular complexity index is 624. The van der Waals surface area contributed by atoms with Gasteiger partial charge in [0.25, 0.3) is 0 Å². The highest BCUT2D eigenvalue weighted by Gasteiger charge is 3.19. The second-order valence-electron chi connectivity index (χ2n) is 5.83. The van der Waals surface area contributed by atoms with Crippen LogP contribution in [0.15, 0.2) is 0 Å². The van der Waals surface area contributed by atoms with Crippen LogP contribution in [0, 0.1) is 0 Å². The van der Waals surface area contributed by atoms with Gasteiger partial charge in [-0.15, -0.1) is 0 Å². The lowest BCUT2D eigenvalue weighted by atomic mass is 9.42. The summed E-state index contributed by atoms with van der Waals surface area (Å²) in [6, 6.07) is 0. The smallest absolute Gasteiger partial charge is 0.291 e. The molecule has 2 unspecified atom stereocenters. The van der Waals surface area contributed by atoms with Crippen LogP contribution in [0.25, 0.3) is 0 Å². The minimum Gasteiger partial charge on any atom is -0.291 e. The number of carbonyl (C=O) groups is 1. The van der Waals surface area contributed by atoms with Crippen LogP contribution in [-0.4, -0.2) is 57.3 Å². The highest BCUT2D eigenvalue weighted by molar-refractivity contribution is 6.29. The van der Waals surface area contributed by atoms with Crippen molar-refractivity contribution >= 4 is 17.4 Å². The van der Waals surface area contributed by atoms with E-state index in [0.717, 1.165) is 0 Å². The number of hydrogen-bond acceptors (Lipinski definition) is 1. The molecule has 0 aromatic heterocycles. The second kappa shape index (κ2) is 3.57. The van der Waals surface area contributed by atoms with Gasteiger partial charge in [-0.2, -0.15) is 35.1 Å². The zero-order valence-electron chi connectivity index (χ0n) is 10.7. The van der Waals surface area contributed by atoms with E-state index in [9.17, 15) is 61.9 Å². The zero-order valence-corrected chi connectivity index (χ0v) is 11.5. The van der Waals surface area contributed by atoms with Gasteiger partial charge in [0.2, 0.25) is 10.7 Å². The summed E-state index contributed by atoms with van der Waals surface area (Å²) in [5, 5.41) is 0. The first-order chi connectivity index (χ1) is 10.7. The largest absolute Gasteiger partial charge is 0.340 e. The van der Waals surface area contributed by atoms with E-state index >= 15 is 0 Å². The Labute approximate surface area is 132 Å². The van der Waals surface area contributed by atoms with Crippen LogP contribution >= 0.6 is 11.6 Å². The van der Waals surface area contributed by atoms with Crippen molar-refractivity contribution in [2.75, 3.05) is 0 Å². The lowest BCUT2D eigenvalue weighted by Gasteiger charge is -2.71. The lowest BCUT2D eigenvalue weighted by Crippen LogP contribution is -3.06. The van der Waals surface area contributed by atoms with Gasteiger partial charge in [-0.1, -0.05) is 11.6 Å². The van der Waals surface area contributed by atoms with Gasteiger partial charge in [-0.3, -0.25) is 4.79 Å². The Kier molecular flexibility index (Phi) is 2.69. The van der Waals surface area contributed by atoms with Crippen LogP contribution in [0.2, 0.25) is 0 Å². The highest BCUT2D eigenvalue weighted by atomic mass is 35.5. The Morgan fingerprint density at radius 3 is 1.08 bits per heavy atom. The van der Waals surface area contributed by atoms with Crippen LogP contribution < -0.4 is 0 Å². The first-order valence-corrected chi connectivity index (χ1v) is 6.23. The van der Waals surface area contributed by atoms with E-state index in [1.165, 1.54) is 0 Å². The van der Waals surface area contributed by atoms with E-state index in [2.05, 4.69) is 11.6 Å². The molecule has 0 saturated heterocycles. The molecule has 4 fully saturated rings. The molecule has 1 nitrogen and oxygen atoms in total. The average molecular weight is 419 g/mol. The third kappa shape index (κ3) is 1.00. The molecule has 0 aliphatic heterocycles. The van der Waals surface area contributed by atoms with E-state index in [0.29, 0.717) is 0 Å². The summed E-state index contributed by atoms with van der Waals surface area (Å²) >= 11 is 4.21. The number of carbonyl (C=O) groups excluding carboxylic acids is 1. The molecular weight excluding hydrogens is 419 g/mol. The van der Waals surface area contributed by atoms with Crippen molar-refractivity contribution in [1.82, 2.24) is 0 Å². The molecule has 0 radical (unpaired) electrons.